The number of carbonyl (C=O) groups is 1. The standard InChI is InChI=1S/C29H23N5O3S/c1-37-29(36)22-18-11-5-8-14-21(18)38-28(22)34-16-30-25-23(27(34)35)24-26(32-20-13-7-6-12-19(20)31-24)33(25)15-17-9-3-2-4-10-17/h2-4,6-7,9-10,12-13,16H,5,8,11,14-15H2,1H3. The Morgan fingerprint density at radius 1 is 0.974 bits per heavy atom. The van der Waals surface area contributed by atoms with Gasteiger partial charge in [-0.3, -0.25) is 9.36 Å². The van der Waals surface area contributed by atoms with Crippen molar-refractivity contribution in [1.82, 2.24) is 24.1 Å². The first kappa shape index (κ1) is 22.8. The first-order chi connectivity index (χ1) is 18.6. The molecule has 8 nitrogen and oxygen atoms in total. The highest BCUT2D eigenvalue weighted by Crippen LogP contribution is 2.37. The minimum absolute atomic E-state index is 0.278. The minimum atomic E-state index is -0.427. The average Bonchev–Trinajstić information content (AvgIpc) is 3.48. The molecule has 1 aliphatic rings. The minimum Gasteiger partial charge on any atom is -0.465 e. The molecule has 0 radical (unpaired) electrons. The van der Waals surface area contributed by atoms with Crippen LogP contribution in [0.3, 0.4) is 0 Å². The number of hydrogen-bond donors (Lipinski definition) is 0. The predicted molar refractivity (Wildman–Crippen MR) is 147 cm³/mol. The first-order valence-corrected chi connectivity index (χ1v) is 13.4. The van der Waals surface area contributed by atoms with Crippen LogP contribution in [0.25, 0.3) is 38.2 Å². The largest absolute Gasteiger partial charge is 0.465 e. The van der Waals surface area contributed by atoms with Gasteiger partial charge in [-0.1, -0.05) is 42.5 Å². The maximum absolute atomic E-state index is 14.2. The maximum Gasteiger partial charge on any atom is 0.341 e. The van der Waals surface area contributed by atoms with Gasteiger partial charge in [0.2, 0.25) is 0 Å². The summed E-state index contributed by atoms with van der Waals surface area (Å²) < 4.78 is 8.58. The maximum atomic E-state index is 14.2. The van der Waals surface area contributed by atoms with Gasteiger partial charge in [0, 0.05) is 4.88 Å². The third-order valence-corrected chi connectivity index (χ3v) is 8.49. The summed E-state index contributed by atoms with van der Waals surface area (Å²) in [7, 11) is 1.38. The normalized spacial score (nSPS) is 13.3. The molecule has 9 heteroatoms. The lowest BCUT2D eigenvalue weighted by molar-refractivity contribution is 0.0600. The van der Waals surface area contributed by atoms with Gasteiger partial charge in [-0.2, -0.15) is 0 Å². The van der Waals surface area contributed by atoms with E-state index in [2.05, 4.69) is 0 Å². The molecule has 0 fully saturated rings. The highest BCUT2D eigenvalue weighted by Gasteiger charge is 2.29. The molecule has 2 aromatic carbocycles. The van der Waals surface area contributed by atoms with Crippen LogP contribution in [0.5, 0.6) is 0 Å². The number of aryl methyl sites for hydroxylation is 1. The zero-order valence-corrected chi connectivity index (χ0v) is 21.5. The average molecular weight is 522 g/mol. The fourth-order valence-corrected chi connectivity index (χ4v) is 6.74. The monoisotopic (exact) mass is 521 g/mol. The molecule has 188 valence electrons. The van der Waals surface area contributed by atoms with Crippen LogP contribution in [0, 0.1) is 0 Å². The van der Waals surface area contributed by atoms with Crippen LogP contribution in [0.4, 0.5) is 0 Å². The molecule has 38 heavy (non-hydrogen) atoms. The Hall–Kier alpha value is -4.37. The van der Waals surface area contributed by atoms with E-state index in [1.165, 1.54) is 29.3 Å². The molecule has 1 aliphatic carbocycles. The van der Waals surface area contributed by atoms with Gasteiger partial charge < -0.3 is 9.30 Å². The summed E-state index contributed by atoms with van der Waals surface area (Å²) in [5.41, 5.74) is 5.32. The van der Waals surface area contributed by atoms with Gasteiger partial charge in [-0.25, -0.2) is 19.7 Å². The summed E-state index contributed by atoms with van der Waals surface area (Å²) >= 11 is 1.48. The number of para-hydroxylation sites is 2. The van der Waals surface area contributed by atoms with Crippen molar-refractivity contribution in [3.05, 3.63) is 92.8 Å². The molecule has 0 bridgehead atoms. The van der Waals surface area contributed by atoms with E-state index in [0.29, 0.717) is 44.8 Å². The molecule has 6 aromatic rings. The summed E-state index contributed by atoms with van der Waals surface area (Å²) in [6.45, 7) is 0.491. The highest BCUT2D eigenvalue weighted by molar-refractivity contribution is 7.15. The first-order valence-electron chi connectivity index (χ1n) is 12.6. The zero-order chi connectivity index (χ0) is 25.8. The molecule has 4 heterocycles. The number of aromatic nitrogens is 5. The van der Waals surface area contributed by atoms with Gasteiger partial charge in [0.25, 0.3) is 5.56 Å². The molecule has 0 unspecified atom stereocenters. The van der Waals surface area contributed by atoms with Crippen LogP contribution in [0.1, 0.15) is 39.2 Å². The predicted octanol–water partition coefficient (Wildman–Crippen LogP) is 5.06. The number of ether oxygens (including phenoxy) is 1. The third kappa shape index (κ3) is 3.46. The molecule has 0 saturated heterocycles. The van der Waals surface area contributed by atoms with Crippen LogP contribution in [-0.4, -0.2) is 37.2 Å². The summed E-state index contributed by atoms with van der Waals surface area (Å²) in [4.78, 5) is 42.8. The number of esters is 1. The molecule has 0 spiro atoms. The number of fused-ring (bicyclic) bond motifs is 5. The topological polar surface area (TPSA) is 91.9 Å². The molecular formula is C29H23N5O3S. The van der Waals surface area contributed by atoms with Crippen LogP contribution in [0.15, 0.2) is 65.7 Å². The van der Waals surface area contributed by atoms with Gasteiger partial charge in [0.15, 0.2) is 11.3 Å². The summed E-state index contributed by atoms with van der Waals surface area (Å²) in [6, 6.07) is 17.6. The zero-order valence-electron chi connectivity index (χ0n) is 20.7. The van der Waals surface area contributed by atoms with Crippen LogP contribution < -0.4 is 5.56 Å². The van der Waals surface area contributed by atoms with Gasteiger partial charge >= 0.3 is 5.97 Å². The van der Waals surface area contributed by atoms with Crippen molar-refractivity contribution < 1.29 is 9.53 Å². The fraction of sp³-hybridized carbons (Fsp3) is 0.207. The second-order valence-corrected chi connectivity index (χ2v) is 10.5. The van der Waals surface area contributed by atoms with E-state index < -0.39 is 5.97 Å². The van der Waals surface area contributed by atoms with Crippen LogP contribution in [0.2, 0.25) is 0 Å². The molecule has 0 atom stereocenters. The number of carbonyl (C=O) groups excluding carboxylic acids is 1. The van der Waals surface area contributed by atoms with Crippen molar-refractivity contribution in [3.8, 4) is 5.00 Å². The smallest absolute Gasteiger partial charge is 0.341 e. The second kappa shape index (κ2) is 8.88. The van der Waals surface area contributed by atoms with Gasteiger partial charge in [0.1, 0.15) is 22.2 Å². The van der Waals surface area contributed by atoms with Crippen molar-refractivity contribution in [3.63, 3.8) is 0 Å². The van der Waals surface area contributed by atoms with E-state index in [1.54, 1.807) is 0 Å². The van der Waals surface area contributed by atoms with Crippen molar-refractivity contribution in [2.24, 2.45) is 0 Å². The molecule has 0 saturated carbocycles. The van der Waals surface area contributed by atoms with Gasteiger partial charge in [-0.15, -0.1) is 11.3 Å². The Labute approximate surface area is 221 Å². The lowest BCUT2D eigenvalue weighted by Crippen LogP contribution is -2.21. The lowest BCUT2D eigenvalue weighted by Gasteiger charge is -2.12. The van der Waals surface area contributed by atoms with Crippen LogP contribution in [-0.2, 0) is 24.1 Å². The van der Waals surface area contributed by atoms with E-state index >= 15 is 0 Å². The highest BCUT2D eigenvalue weighted by atomic mass is 32.1. The Bertz CT molecular complexity index is 1940. The number of benzene rings is 2. The van der Waals surface area contributed by atoms with Gasteiger partial charge in [0.05, 0.1) is 30.3 Å². The molecule has 7 rings (SSSR count). The Morgan fingerprint density at radius 2 is 1.71 bits per heavy atom. The molecule has 0 aliphatic heterocycles. The van der Waals surface area contributed by atoms with Gasteiger partial charge in [-0.05, 0) is 48.9 Å². The van der Waals surface area contributed by atoms with Crippen molar-refractivity contribution in [2.45, 2.75) is 32.2 Å². The molecule has 0 amide bonds. The Balaban J connectivity index is 1.54. The van der Waals surface area contributed by atoms with Crippen LogP contribution >= 0.6 is 11.3 Å². The fourth-order valence-electron chi connectivity index (χ4n) is 5.40. The Morgan fingerprint density at radius 3 is 2.50 bits per heavy atom. The van der Waals surface area contributed by atoms with E-state index in [4.69, 9.17) is 19.7 Å². The van der Waals surface area contributed by atoms with Crippen molar-refractivity contribution in [1.29, 1.82) is 0 Å². The van der Waals surface area contributed by atoms with Crippen molar-refractivity contribution >= 4 is 50.5 Å². The summed E-state index contributed by atoms with van der Waals surface area (Å²) in [5, 5.41) is 0.944. The van der Waals surface area contributed by atoms with E-state index in [1.807, 2.05) is 59.2 Å². The third-order valence-electron chi connectivity index (χ3n) is 7.20. The quantitative estimate of drug-likeness (QED) is 0.301. The number of hydrogen-bond acceptors (Lipinski definition) is 7. The molecule has 0 N–H and O–H groups in total. The second-order valence-electron chi connectivity index (χ2n) is 9.46. The SMILES string of the molecule is COC(=O)c1c(-n2cnc3c(c2=O)c2nc4ccccc4nc2n3Cc2ccccc2)sc2c1CCCC2. The van der Waals surface area contributed by atoms with E-state index in [-0.39, 0.29) is 5.56 Å². The van der Waals surface area contributed by atoms with E-state index in [9.17, 15) is 9.59 Å². The number of nitrogens with zero attached hydrogens (tertiary/aromatic N) is 5. The number of methoxy groups -OCH3 is 1. The molecular weight excluding hydrogens is 498 g/mol. The summed E-state index contributed by atoms with van der Waals surface area (Å²) in [5.74, 6) is -0.427. The summed E-state index contributed by atoms with van der Waals surface area (Å²) in [6.07, 6.45) is 5.29. The molecule has 4 aromatic heterocycles. The van der Waals surface area contributed by atoms with E-state index in [0.717, 1.165) is 47.2 Å². The number of rotatable bonds is 4. The number of thiophene rings is 1. The lowest BCUT2D eigenvalue weighted by atomic mass is 9.95. The Kier molecular flexibility index (Phi) is 5.33. The van der Waals surface area contributed by atoms with Crippen molar-refractivity contribution in [2.75, 3.05) is 7.11 Å².